The highest BCUT2D eigenvalue weighted by molar-refractivity contribution is 7.92. The number of anilines is 2. The molecule has 1 aromatic carbocycles. The van der Waals surface area contributed by atoms with E-state index in [1.54, 1.807) is 6.07 Å². The number of benzene rings is 1. The average molecular weight is 628 g/mol. The lowest BCUT2D eigenvalue weighted by atomic mass is 9.93. The first kappa shape index (κ1) is 28.8. The number of piperidine rings is 1. The molecule has 0 radical (unpaired) electrons. The lowest BCUT2D eigenvalue weighted by Crippen LogP contribution is -2.58. The number of aromatic nitrogens is 4. The number of nitrogens with zero attached hydrogens (tertiary/aromatic N) is 6. The minimum Gasteiger partial charge on any atom is -0.395 e. The number of pyridine rings is 1. The van der Waals surface area contributed by atoms with Crippen molar-refractivity contribution in [3.05, 3.63) is 42.3 Å². The number of aliphatic hydroxyl groups excluding tert-OH is 1. The van der Waals surface area contributed by atoms with Crippen LogP contribution >= 0.6 is 0 Å². The van der Waals surface area contributed by atoms with Gasteiger partial charge in [0.25, 0.3) is 5.92 Å². The number of halogens is 3. The lowest BCUT2D eigenvalue weighted by Gasteiger charge is -2.37. The highest BCUT2D eigenvalue weighted by atomic mass is 32.2. The fourth-order valence-electron chi connectivity index (χ4n) is 5.27. The zero-order chi connectivity index (χ0) is 29.9. The fourth-order valence-corrected chi connectivity index (χ4v) is 7.63. The molecule has 3 aliphatic rings. The zero-order valence-corrected chi connectivity index (χ0v) is 23.9. The van der Waals surface area contributed by atoms with Crippen molar-refractivity contribution in [3.8, 4) is 16.9 Å². The van der Waals surface area contributed by atoms with Crippen LogP contribution in [0.4, 0.5) is 24.8 Å². The van der Waals surface area contributed by atoms with Crippen molar-refractivity contribution in [1.82, 2.24) is 24.3 Å². The van der Waals surface area contributed by atoms with Crippen molar-refractivity contribution in [2.75, 3.05) is 48.2 Å². The molecule has 1 aliphatic carbocycles. The van der Waals surface area contributed by atoms with Gasteiger partial charge in [-0.15, -0.1) is 5.10 Å². The SMILES string of the molecule is O=S(=O)(CCO)Nc1ccc(-c2cn(-c3ccc(F)c(S(=O)(=O)N4CC(F)(F)C4)c3)nn2)c(N2CCC3(CC2)CC3)n1. The predicted molar refractivity (Wildman–Crippen MR) is 146 cm³/mol. The molecular formula is C25H28F3N7O5S2. The van der Waals surface area contributed by atoms with E-state index in [-0.39, 0.29) is 11.5 Å². The highest BCUT2D eigenvalue weighted by Gasteiger charge is 2.50. The lowest BCUT2D eigenvalue weighted by molar-refractivity contribution is -0.0945. The van der Waals surface area contributed by atoms with Crippen LogP contribution in [0.3, 0.4) is 0 Å². The number of rotatable bonds is 9. The first-order valence-electron chi connectivity index (χ1n) is 13.3. The van der Waals surface area contributed by atoms with Crippen molar-refractivity contribution in [3.63, 3.8) is 0 Å². The summed E-state index contributed by atoms with van der Waals surface area (Å²) in [5.74, 6) is -4.18. The van der Waals surface area contributed by atoms with Crippen molar-refractivity contribution < 1.29 is 35.1 Å². The molecule has 6 rings (SSSR count). The molecule has 2 aliphatic heterocycles. The molecule has 3 aromatic rings. The van der Waals surface area contributed by atoms with E-state index in [1.807, 2.05) is 4.90 Å². The monoisotopic (exact) mass is 627 g/mol. The van der Waals surface area contributed by atoms with Crippen molar-refractivity contribution in [2.24, 2.45) is 5.41 Å². The van der Waals surface area contributed by atoms with Gasteiger partial charge in [0.1, 0.15) is 28.0 Å². The first-order valence-corrected chi connectivity index (χ1v) is 16.4. The summed E-state index contributed by atoms with van der Waals surface area (Å²) in [4.78, 5) is 5.87. The summed E-state index contributed by atoms with van der Waals surface area (Å²) in [6, 6.07) is 6.32. The Bertz CT molecular complexity index is 1730. The number of alkyl halides is 2. The molecule has 2 aromatic heterocycles. The largest absolute Gasteiger partial charge is 0.395 e. The van der Waals surface area contributed by atoms with Gasteiger partial charge in [0.2, 0.25) is 20.0 Å². The van der Waals surface area contributed by atoms with Crippen molar-refractivity contribution >= 4 is 31.7 Å². The van der Waals surface area contributed by atoms with E-state index in [0.717, 1.165) is 25.0 Å². The van der Waals surface area contributed by atoms with E-state index in [9.17, 15) is 30.0 Å². The van der Waals surface area contributed by atoms with E-state index in [2.05, 4.69) is 20.0 Å². The van der Waals surface area contributed by atoms with E-state index in [0.29, 0.717) is 39.9 Å². The standard InChI is InChI=1S/C25H28F3N7O5S2/c26-19-3-1-17(13-21(19)42(39,40)34-15-25(27,28)16-34)35-14-20(30-32-35)18-2-4-22(31-41(37,38)12-11-36)29-23(18)33-9-7-24(5-6-24)8-10-33/h1-4,13-14,36H,5-12,15-16H2,(H,29,31). The summed E-state index contributed by atoms with van der Waals surface area (Å²) in [6.07, 6.45) is 5.80. The molecule has 0 atom stereocenters. The zero-order valence-electron chi connectivity index (χ0n) is 22.2. The molecule has 226 valence electrons. The molecule has 0 bridgehead atoms. The summed E-state index contributed by atoms with van der Waals surface area (Å²) in [7, 11) is -8.32. The second-order valence-corrected chi connectivity index (χ2v) is 14.7. The Morgan fingerprint density at radius 2 is 1.71 bits per heavy atom. The Labute approximate surface area is 240 Å². The van der Waals surface area contributed by atoms with Crippen LogP contribution in [0.5, 0.6) is 0 Å². The smallest absolute Gasteiger partial charge is 0.275 e. The minimum atomic E-state index is -4.50. The van der Waals surface area contributed by atoms with Gasteiger partial charge in [-0.1, -0.05) is 5.21 Å². The first-order chi connectivity index (χ1) is 19.8. The molecular weight excluding hydrogens is 599 g/mol. The van der Waals surface area contributed by atoms with Gasteiger partial charge in [0, 0.05) is 18.7 Å². The number of hydrogen-bond acceptors (Lipinski definition) is 9. The molecule has 42 heavy (non-hydrogen) atoms. The topological polar surface area (TPSA) is 151 Å². The Kier molecular flexibility index (Phi) is 6.98. The molecule has 1 spiro atoms. The number of sulfonamides is 2. The second kappa shape index (κ2) is 10.2. The van der Waals surface area contributed by atoms with E-state index >= 15 is 0 Å². The number of nitrogens with one attached hydrogen (secondary N) is 1. The van der Waals surface area contributed by atoms with Crippen LogP contribution in [0.2, 0.25) is 0 Å². The van der Waals surface area contributed by atoms with Gasteiger partial charge in [-0.2, -0.15) is 4.31 Å². The molecule has 0 unspecified atom stereocenters. The third kappa shape index (κ3) is 5.57. The predicted octanol–water partition coefficient (Wildman–Crippen LogP) is 2.22. The van der Waals surface area contributed by atoms with Crippen molar-refractivity contribution in [1.29, 1.82) is 0 Å². The van der Waals surface area contributed by atoms with Gasteiger partial charge < -0.3 is 10.0 Å². The summed E-state index contributed by atoms with van der Waals surface area (Å²) in [5, 5.41) is 17.4. The van der Waals surface area contributed by atoms with Gasteiger partial charge in [0.05, 0.1) is 37.3 Å². The third-order valence-corrected chi connectivity index (χ3v) is 11.0. The Morgan fingerprint density at radius 3 is 2.36 bits per heavy atom. The van der Waals surface area contributed by atoms with Crippen LogP contribution in [0.1, 0.15) is 25.7 Å². The van der Waals surface area contributed by atoms with Crippen LogP contribution < -0.4 is 9.62 Å². The number of hydrogen-bond donors (Lipinski definition) is 2. The highest BCUT2D eigenvalue weighted by Crippen LogP contribution is 2.54. The second-order valence-electron chi connectivity index (χ2n) is 11.0. The maximum Gasteiger partial charge on any atom is 0.275 e. The van der Waals surface area contributed by atoms with Crippen molar-refractivity contribution in [2.45, 2.75) is 36.5 Å². The summed E-state index contributed by atoms with van der Waals surface area (Å²) >= 11 is 0. The van der Waals surface area contributed by atoms with Crippen LogP contribution in [0.25, 0.3) is 16.9 Å². The van der Waals surface area contributed by atoms with Gasteiger partial charge in [-0.25, -0.2) is 39.7 Å². The van der Waals surface area contributed by atoms with Crippen LogP contribution in [0.15, 0.2) is 41.4 Å². The average Bonchev–Trinajstić information content (AvgIpc) is 3.48. The fraction of sp³-hybridized carbons (Fsp3) is 0.480. The Hall–Kier alpha value is -3.28. The third-order valence-electron chi connectivity index (χ3n) is 7.96. The molecule has 2 N–H and O–H groups in total. The maximum absolute atomic E-state index is 14.6. The maximum atomic E-state index is 14.6. The van der Waals surface area contributed by atoms with E-state index in [4.69, 9.17) is 5.11 Å². The van der Waals surface area contributed by atoms with Crippen LogP contribution in [-0.4, -0.2) is 90.7 Å². The summed E-state index contributed by atoms with van der Waals surface area (Å²) < 4.78 is 95.4. The number of aliphatic hydroxyl groups is 1. The molecule has 12 nitrogen and oxygen atoms in total. The molecule has 1 saturated carbocycles. The summed E-state index contributed by atoms with van der Waals surface area (Å²) in [6.45, 7) is -1.18. The molecule has 17 heteroatoms. The van der Waals surface area contributed by atoms with E-state index in [1.165, 1.54) is 35.9 Å². The normalized spacial score (nSPS) is 20.0. The Morgan fingerprint density at radius 1 is 1.00 bits per heavy atom. The van der Waals surface area contributed by atoms with Crippen LogP contribution in [0, 0.1) is 11.2 Å². The molecule has 3 fully saturated rings. The molecule has 2 saturated heterocycles. The quantitative estimate of drug-likeness (QED) is 0.364. The van der Waals surface area contributed by atoms with Gasteiger partial charge in [-0.3, -0.25) is 4.72 Å². The Balaban J connectivity index is 1.32. The van der Waals surface area contributed by atoms with E-state index < -0.39 is 62.1 Å². The van der Waals surface area contributed by atoms with Crippen LogP contribution in [-0.2, 0) is 20.0 Å². The van der Waals surface area contributed by atoms with Gasteiger partial charge in [0.15, 0.2) is 0 Å². The van der Waals surface area contributed by atoms with Gasteiger partial charge >= 0.3 is 0 Å². The van der Waals surface area contributed by atoms with Gasteiger partial charge in [-0.05, 0) is 61.4 Å². The summed E-state index contributed by atoms with van der Waals surface area (Å²) in [5.41, 5.74) is 1.38. The molecule has 0 amide bonds. The molecule has 4 heterocycles. The minimum absolute atomic E-state index is 0.0752.